The molecule has 1 saturated carbocycles. The molecule has 2 unspecified atom stereocenters. The second-order valence-electron chi connectivity index (χ2n) is 6.26. The Morgan fingerprint density at radius 2 is 1.93 bits per heavy atom. The van der Waals surface area contributed by atoms with E-state index in [9.17, 15) is 0 Å². The summed E-state index contributed by atoms with van der Waals surface area (Å²) in [6.45, 7) is 9.06. The van der Waals surface area contributed by atoms with Crippen molar-refractivity contribution in [3.05, 3.63) is 0 Å². The van der Waals surface area contributed by atoms with E-state index in [2.05, 4.69) is 26.1 Å². The molecule has 0 aromatic heterocycles. The van der Waals surface area contributed by atoms with Gasteiger partial charge in [-0.3, -0.25) is 0 Å². The average Bonchev–Trinajstić information content (AvgIpc) is 2.27. The smallest absolute Gasteiger partial charge is 0.0810 e. The zero-order valence-corrected chi connectivity index (χ0v) is 10.4. The Kier molecular flexibility index (Phi) is 3.09. The lowest BCUT2D eigenvalue weighted by Gasteiger charge is -2.40. The van der Waals surface area contributed by atoms with E-state index in [-0.39, 0.29) is 5.60 Å². The standard InChI is InChI=1S/C13H25NO/c1-11-9-14-10-13(15-11)6-4-5-12(2,3)7-8-13/h11,14H,4-10H2,1-3H3. The monoisotopic (exact) mass is 211 g/mol. The SMILES string of the molecule is CC1CNCC2(CCCC(C)(C)CC2)O1. The van der Waals surface area contributed by atoms with Crippen molar-refractivity contribution in [3.63, 3.8) is 0 Å². The first kappa shape index (κ1) is 11.4. The molecule has 2 nitrogen and oxygen atoms in total. The molecule has 0 aromatic carbocycles. The highest BCUT2D eigenvalue weighted by molar-refractivity contribution is 4.92. The lowest BCUT2D eigenvalue weighted by atomic mass is 9.84. The second kappa shape index (κ2) is 4.06. The summed E-state index contributed by atoms with van der Waals surface area (Å²) in [6.07, 6.45) is 6.85. The quantitative estimate of drug-likeness (QED) is 0.665. The van der Waals surface area contributed by atoms with Crippen LogP contribution in [0.5, 0.6) is 0 Å². The van der Waals surface area contributed by atoms with E-state index in [1.807, 2.05) is 0 Å². The lowest BCUT2D eigenvalue weighted by molar-refractivity contribution is -0.117. The molecular weight excluding hydrogens is 186 g/mol. The van der Waals surface area contributed by atoms with Crippen LogP contribution in [0.25, 0.3) is 0 Å². The van der Waals surface area contributed by atoms with Crippen molar-refractivity contribution in [2.45, 2.75) is 64.6 Å². The summed E-state index contributed by atoms with van der Waals surface area (Å²) in [6, 6.07) is 0. The van der Waals surface area contributed by atoms with Crippen LogP contribution in [-0.4, -0.2) is 24.8 Å². The van der Waals surface area contributed by atoms with Gasteiger partial charge in [0, 0.05) is 13.1 Å². The van der Waals surface area contributed by atoms with Crippen molar-refractivity contribution in [1.82, 2.24) is 5.32 Å². The van der Waals surface area contributed by atoms with Crippen LogP contribution in [0.2, 0.25) is 0 Å². The highest BCUT2D eigenvalue weighted by Gasteiger charge is 2.39. The van der Waals surface area contributed by atoms with Crippen LogP contribution in [0.3, 0.4) is 0 Å². The third-order valence-electron chi connectivity index (χ3n) is 4.07. The number of nitrogens with one attached hydrogen (secondary N) is 1. The van der Waals surface area contributed by atoms with Crippen molar-refractivity contribution in [2.75, 3.05) is 13.1 Å². The molecule has 2 aliphatic rings. The zero-order valence-electron chi connectivity index (χ0n) is 10.4. The average molecular weight is 211 g/mol. The molecule has 15 heavy (non-hydrogen) atoms. The van der Waals surface area contributed by atoms with Crippen LogP contribution < -0.4 is 5.32 Å². The summed E-state index contributed by atoms with van der Waals surface area (Å²) >= 11 is 0. The Hall–Kier alpha value is -0.0800. The van der Waals surface area contributed by atoms with Gasteiger partial charge >= 0.3 is 0 Å². The molecule has 1 spiro atoms. The minimum absolute atomic E-state index is 0.158. The van der Waals surface area contributed by atoms with Gasteiger partial charge in [-0.2, -0.15) is 0 Å². The zero-order chi connectivity index (χ0) is 10.9. The van der Waals surface area contributed by atoms with E-state index < -0.39 is 0 Å². The van der Waals surface area contributed by atoms with Gasteiger partial charge < -0.3 is 10.1 Å². The maximum Gasteiger partial charge on any atom is 0.0810 e. The number of hydrogen-bond donors (Lipinski definition) is 1. The van der Waals surface area contributed by atoms with Crippen LogP contribution >= 0.6 is 0 Å². The third kappa shape index (κ3) is 2.73. The van der Waals surface area contributed by atoms with Gasteiger partial charge in [-0.1, -0.05) is 20.3 Å². The fourth-order valence-electron chi connectivity index (χ4n) is 3.01. The largest absolute Gasteiger partial charge is 0.369 e. The second-order valence-corrected chi connectivity index (χ2v) is 6.26. The number of morpholine rings is 1. The van der Waals surface area contributed by atoms with E-state index in [0.29, 0.717) is 11.5 Å². The number of ether oxygens (including phenoxy) is 1. The summed E-state index contributed by atoms with van der Waals surface area (Å²) in [4.78, 5) is 0. The van der Waals surface area contributed by atoms with Gasteiger partial charge in [0.05, 0.1) is 11.7 Å². The van der Waals surface area contributed by atoms with Gasteiger partial charge in [-0.25, -0.2) is 0 Å². The van der Waals surface area contributed by atoms with E-state index >= 15 is 0 Å². The molecule has 1 heterocycles. The normalized spacial score (nSPS) is 41.4. The lowest BCUT2D eigenvalue weighted by Crippen LogP contribution is -2.52. The van der Waals surface area contributed by atoms with Gasteiger partial charge in [0.15, 0.2) is 0 Å². The minimum Gasteiger partial charge on any atom is -0.369 e. The molecule has 2 atom stereocenters. The minimum atomic E-state index is 0.158. The van der Waals surface area contributed by atoms with Crippen molar-refractivity contribution in [1.29, 1.82) is 0 Å². The first-order chi connectivity index (χ1) is 7.02. The topological polar surface area (TPSA) is 21.3 Å². The predicted molar refractivity (Wildman–Crippen MR) is 63.0 cm³/mol. The molecule has 1 saturated heterocycles. The van der Waals surface area contributed by atoms with Crippen molar-refractivity contribution >= 4 is 0 Å². The van der Waals surface area contributed by atoms with E-state index in [1.165, 1.54) is 32.1 Å². The van der Waals surface area contributed by atoms with Gasteiger partial charge in [-0.05, 0) is 38.0 Å². The summed E-state index contributed by atoms with van der Waals surface area (Å²) < 4.78 is 6.23. The Balaban J connectivity index is 2.02. The number of hydrogen-bond acceptors (Lipinski definition) is 2. The molecule has 2 heteroatoms. The Morgan fingerprint density at radius 1 is 1.13 bits per heavy atom. The maximum atomic E-state index is 6.23. The molecule has 0 amide bonds. The van der Waals surface area contributed by atoms with Crippen LogP contribution in [0, 0.1) is 5.41 Å². The summed E-state index contributed by atoms with van der Waals surface area (Å²) in [7, 11) is 0. The van der Waals surface area contributed by atoms with Crippen LogP contribution in [0.1, 0.15) is 52.9 Å². The van der Waals surface area contributed by atoms with Gasteiger partial charge in [0.25, 0.3) is 0 Å². The summed E-state index contributed by atoms with van der Waals surface area (Å²) in [5.74, 6) is 0. The van der Waals surface area contributed by atoms with Crippen LogP contribution in [0.15, 0.2) is 0 Å². The highest BCUT2D eigenvalue weighted by atomic mass is 16.5. The van der Waals surface area contributed by atoms with Gasteiger partial charge in [-0.15, -0.1) is 0 Å². The van der Waals surface area contributed by atoms with Crippen molar-refractivity contribution in [2.24, 2.45) is 5.41 Å². The molecule has 1 N–H and O–H groups in total. The molecule has 0 aromatic rings. The first-order valence-electron chi connectivity index (χ1n) is 6.40. The molecule has 0 radical (unpaired) electrons. The maximum absolute atomic E-state index is 6.23. The fourth-order valence-corrected chi connectivity index (χ4v) is 3.01. The fraction of sp³-hybridized carbons (Fsp3) is 1.00. The van der Waals surface area contributed by atoms with E-state index in [4.69, 9.17) is 4.74 Å². The molecule has 1 aliphatic heterocycles. The Labute approximate surface area is 93.8 Å². The van der Waals surface area contributed by atoms with E-state index in [1.54, 1.807) is 0 Å². The van der Waals surface area contributed by atoms with Crippen LogP contribution in [0.4, 0.5) is 0 Å². The molecular formula is C13H25NO. The summed E-state index contributed by atoms with van der Waals surface area (Å²) in [5.41, 5.74) is 0.680. The third-order valence-corrected chi connectivity index (χ3v) is 4.07. The van der Waals surface area contributed by atoms with Crippen molar-refractivity contribution in [3.8, 4) is 0 Å². The van der Waals surface area contributed by atoms with Crippen LogP contribution in [-0.2, 0) is 4.74 Å². The van der Waals surface area contributed by atoms with Crippen molar-refractivity contribution < 1.29 is 4.74 Å². The highest BCUT2D eigenvalue weighted by Crippen LogP contribution is 2.40. The molecule has 0 bridgehead atoms. The summed E-state index contributed by atoms with van der Waals surface area (Å²) in [5, 5.41) is 3.53. The predicted octanol–water partition coefficient (Wildman–Crippen LogP) is 2.72. The Morgan fingerprint density at radius 3 is 2.67 bits per heavy atom. The van der Waals surface area contributed by atoms with E-state index in [0.717, 1.165) is 13.1 Å². The molecule has 2 fully saturated rings. The molecule has 1 aliphatic carbocycles. The van der Waals surface area contributed by atoms with Gasteiger partial charge in [0.2, 0.25) is 0 Å². The molecule has 88 valence electrons. The molecule has 2 rings (SSSR count). The first-order valence-corrected chi connectivity index (χ1v) is 6.40. The Bertz CT molecular complexity index is 227. The number of rotatable bonds is 0. The van der Waals surface area contributed by atoms with Gasteiger partial charge in [0.1, 0.15) is 0 Å².